The molecule has 0 aliphatic carbocycles. The average molecular weight is 389 g/mol. The van der Waals surface area contributed by atoms with Crippen molar-refractivity contribution >= 4 is 23.4 Å². The van der Waals surface area contributed by atoms with Gasteiger partial charge in [0.05, 0.1) is 7.11 Å². The summed E-state index contributed by atoms with van der Waals surface area (Å²) in [6.07, 6.45) is 2.69. The largest absolute Gasteiger partial charge is 0.497 e. The van der Waals surface area contributed by atoms with Crippen molar-refractivity contribution in [2.24, 2.45) is 0 Å². The molecule has 1 aliphatic rings. The maximum absolute atomic E-state index is 12.6. The molecule has 150 valence electrons. The van der Waals surface area contributed by atoms with Gasteiger partial charge in [-0.1, -0.05) is 13.0 Å². The SMILES string of the molecule is COc1ccc(NC(=O)/C(C#N)=C\c2ccc3c(c2)[C@H](C)CC(C)(C)N3C)cc1. The van der Waals surface area contributed by atoms with Crippen LogP contribution in [0.25, 0.3) is 6.08 Å². The molecule has 0 bridgehead atoms. The lowest BCUT2D eigenvalue weighted by molar-refractivity contribution is -0.112. The number of nitrogens with one attached hydrogen (secondary N) is 1. The lowest BCUT2D eigenvalue weighted by Crippen LogP contribution is -2.45. The molecule has 1 atom stereocenters. The number of anilines is 2. The number of fused-ring (bicyclic) bond motifs is 1. The Labute approximate surface area is 172 Å². The summed E-state index contributed by atoms with van der Waals surface area (Å²) >= 11 is 0. The van der Waals surface area contributed by atoms with Gasteiger partial charge in [-0.05, 0) is 79.8 Å². The molecule has 5 heteroatoms. The fourth-order valence-corrected chi connectivity index (χ4v) is 3.87. The third kappa shape index (κ3) is 4.27. The zero-order valence-corrected chi connectivity index (χ0v) is 17.6. The van der Waals surface area contributed by atoms with Crippen LogP contribution in [0.15, 0.2) is 48.0 Å². The van der Waals surface area contributed by atoms with Crippen LogP contribution < -0.4 is 15.0 Å². The van der Waals surface area contributed by atoms with Crippen molar-refractivity contribution in [3.05, 3.63) is 59.2 Å². The van der Waals surface area contributed by atoms with Crippen molar-refractivity contribution in [2.75, 3.05) is 24.4 Å². The number of rotatable bonds is 4. The molecule has 0 saturated carbocycles. The third-order valence-electron chi connectivity index (χ3n) is 5.68. The van der Waals surface area contributed by atoms with Gasteiger partial charge in [0.25, 0.3) is 5.91 Å². The number of ether oxygens (including phenoxy) is 1. The third-order valence-corrected chi connectivity index (χ3v) is 5.68. The van der Waals surface area contributed by atoms with E-state index in [1.54, 1.807) is 37.5 Å². The number of hydrogen-bond acceptors (Lipinski definition) is 4. The lowest BCUT2D eigenvalue weighted by atomic mass is 9.80. The van der Waals surface area contributed by atoms with Gasteiger partial charge in [-0.15, -0.1) is 0 Å². The summed E-state index contributed by atoms with van der Waals surface area (Å²) in [4.78, 5) is 14.9. The molecule has 1 aliphatic heterocycles. The first-order valence-corrected chi connectivity index (χ1v) is 9.70. The van der Waals surface area contributed by atoms with Crippen LogP contribution in [0.3, 0.4) is 0 Å². The van der Waals surface area contributed by atoms with Gasteiger partial charge in [-0.2, -0.15) is 5.26 Å². The zero-order valence-electron chi connectivity index (χ0n) is 17.6. The summed E-state index contributed by atoms with van der Waals surface area (Å²) in [5, 5.41) is 12.3. The normalized spacial score (nSPS) is 17.9. The van der Waals surface area contributed by atoms with Crippen molar-refractivity contribution in [3.63, 3.8) is 0 Å². The summed E-state index contributed by atoms with van der Waals surface area (Å²) in [5.41, 5.74) is 4.07. The Bertz CT molecular complexity index is 984. The molecular weight excluding hydrogens is 362 g/mol. The highest BCUT2D eigenvalue weighted by atomic mass is 16.5. The molecule has 1 amide bonds. The maximum Gasteiger partial charge on any atom is 0.266 e. The van der Waals surface area contributed by atoms with Crippen molar-refractivity contribution in [1.29, 1.82) is 5.26 Å². The van der Waals surface area contributed by atoms with Crippen LogP contribution in [-0.2, 0) is 4.79 Å². The van der Waals surface area contributed by atoms with Gasteiger partial charge < -0.3 is 15.0 Å². The average Bonchev–Trinajstić information content (AvgIpc) is 2.70. The van der Waals surface area contributed by atoms with Crippen LogP contribution >= 0.6 is 0 Å². The predicted octanol–water partition coefficient (Wildman–Crippen LogP) is 4.96. The zero-order chi connectivity index (χ0) is 21.2. The highest BCUT2D eigenvalue weighted by molar-refractivity contribution is 6.09. The van der Waals surface area contributed by atoms with Gasteiger partial charge in [0.2, 0.25) is 0 Å². The van der Waals surface area contributed by atoms with E-state index in [1.807, 2.05) is 12.1 Å². The molecule has 0 saturated heterocycles. The van der Waals surface area contributed by atoms with E-state index in [9.17, 15) is 10.1 Å². The summed E-state index contributed by atoms with van der Waals surface area (Å²) in [6.45, 7) is 6.72. The molecule has 0 fully saturated rings. The molecule has 0 unspecified atom stereocenters. The molecule has 0 aromatic heterocycles. The number of hydrogen-bond donors (Lipinski definition) is 1. The fraction of sp³-hybridized carbons (Fsp3) is 0.333. The summed E-state index contributed by atoms with van der Waals surface area (Å²) < 4.78 is 5.12. The minimum Gasteiger partial charge on any atom is -0.497 e. The molecule has 29 heavy (non-hydrogen) atoms. The Morgan fingerprint density at radius 1 is 1.28 bits per heavy atom. The first-order chi connectivity index (χ1) is 13.7. The molecule has 3 rings (SSSR count). The van der Waals surface area contributed by atoms with Crippen molar-refractivity contribution in [2.45, 2.75) is 38.6 Å². The van der Waals surface area contributed by atoms with E-state index in [1.165, 1.54) is 11.3 Å². The van der Waals surface area contributed by atoms with E-state index in [2.05, 4.69) is 50.2 Å². The standard InChI is InChI=1S/C24H27N3O2/c1-16-14-24(2,3)27(4)22-11-6-17(13-21(16)22)12-18(15-25)23(28)26-19-7-9-20(29-5)10-8-19/h6-13,16H,14H2,1-5H3,(H,26,28)/b18-12-/t16-/m1/s1. The van der Waals surface area contributed by atoms with Crippen LogP contribution in [0.2, 0.25) is 0 Å². The number of benzene rings is 2. The van der Waals surface area contributed by atoms with Crippen LogP contribution in [0.1, 0.15) is 44.2 Å². The van der Waals surface area contributed by atoms with Crippen molar-refractivity contribution in [1.82, 2.24) is 0 Å². The van der Waals surface area contributed by atoms with E-state index < -0.39 is 5.91 Å². The number of amides is 1. The highest BCUT2D eigenvalue weighted by Crippen LogP contribution is 2.42. The minimum atomic E-state index is -0.429. The second kappa shape index (κ2) is 8.00. The Hall–Kier alpha value is -3.26. The second-order valence-corrected chi connectivity index (χ2v) is 8.15. The van der Waals surface area contributed by atoms with E-state index in [0.717, 1.165) is 12.0 Å². The molecule has 2 aromatic carbocycles. The Kier molecular flexibility index (Phi) is 5.65. The monoisotopic (exact) mass is 389 g/mol. The Balaban J connectivity index is 1.85. The van der Waals surface area contributed by atoms with Gasteiger partial charge in [0.1, 0.15) is 17.4 Å². The smallest absolute Gasteiger partial charge is 0.266 e. The van der Waals surface area contributed by atoms with Crippen molar-refractivity contribution < 1.29 is 9.53 Å². The lowest BCUT2D eigenvalue weighted by Gasteiger charge is -2.45. The fourth-order valence-electron chi connectivity index (χ4n) is 3.87. The molecule has 2 aromatic rings. The van der Waals surface area contributed by atoms with E-state index >= 15 is 0 Å². The number of carbonyl (C=O) groups is 1. The van der Waals surface area contributed by atoms with Crippen LogP contribution in [0.5, 0.6) is 5.75 Å². The van der Waals surface area contributed by atoms with Crippen LogP contribution in [-0.4, -0.2) is 25.6 Å². The maximum atomic E-state index is 12.6. The van der Waals surface area contributed by atoms with Crippen molar-refractivity contribution in [3.8, 4) is 11.8 Å². The molecule has 1 N–H and O–H groups in total. The van der Waals surface area contributed by atoms with Crippen LogP contribution in [0, 0.1) is 11.3 Å². The molecule has 5 nitrogen and oxygen atoms in total. The topological polar surface area (TPSA) is 65.4 Å². The van der Waals surface area contributed by atoms with E-state index in [-0.39, 0.29) is 11.1 Å². The van der Waals surface area contributed by atoms with Gasteiger partial charge in [-0.25, -0.2) is 0 Å². The summed E-state index contributed by atoms with van der Waals surface area (Å²) in [7, 11) is 3.70. The Morgan fingerprint density at radius 3 is 2.59 bits per heavy atom. The van der Waals surface area contributed by atoms with Gasteiger partial charge in [0.15, 0.2) is 0 Å². The van der Waals surface area contributed by atoms with Crippen LogP contribution in [0.4, 0.5) is 11.4 Å². The molecule has 1 heterocycles. The number of carbonyl (C=O) groups excluding carboxylic acids is 1. The summed E-state index contributed by atoms with van der Waals surface area (Å²) in [6, 6.07) is 15.1. The van der Waals surface area contributed by atoms with Gasteiger partial charge in [-0.3, -0.25) is 4.79 Å². The first kappa shape index (κ1) is 20.5. The summed E-state index contributed by atoms with van der Waals surface area (Å²) in [5.74, 6) is 0.681. The van der Waals surface area contributed by atoms with E-state index in [0.29, 0.717) is 17.4 Å². The second-order valence-electron chi connectivity index (χ2n) is 8.15. The predicted molar refractivity (Wildman–Crippen MR) is 117 cm³/mol. The number of nitriles is 1. The van der Waals surface area contributed by atoms with Gasteiger partial charge >= 0.3 is 0 Å². The highest BCUT2D eigenvalue weighted by Gasteiger charge is 2.33. The minimum absolute atomic E-state index is 0.0675. The number of methoxy groups -OCH3 is 1. The number of nitrogens with zero attached hydrogens (tertiary/aromatic N) is 2. The first-order valence-electron chi connectivity index (χ1n) is 9.70. The molecule has 0 spiro atoms. The molecular formula is C24H27N3O2. The Morgan fingerprint density at radius 2 is 1.97 bits per heavy atom. The van der Waals surface area contributed by atoms with E-state index in [4.69, 9.17) is 4.74 Å². The molecule has 0 radical (unpaired) electrons. The quantitative estimate of drug-likeness (QED) is 0.593. The van der Waals surface area contributed by atoms with Gasteiger partial charge in [0, 0.05) is 24.0 Å².